The molecular weight excluding hydrogens is 821 g/mol. The van der Waals surface area contributed by atoms with E-state index in [-0.39, 0.29) is 63.6 Å². The maximum absolute atomic E-state index is 13.9. The van der Waals surface area contributed by atoms with Gasteiger partial charge in [0, 0.05) is 6.54 Å². The standard InChI is InChI=1S/C46H76N10O8/c1-29(2)25-33(49)40(57)52-36(21-14-23-48)43(60)54-37(46(63)64)19-11-12-24-51-42(59)35(20-13-22-47)53-44(61)38(26-30(3)4)56-45(62)39(28-32-17-9-6-10-18-32)55-41(58)34(50)27-31-15-7-5-8-16-31/h5-10,15-18,29-30,33-39,45,56,62H,11-14,19-28,47-50H2,1-4H3,(H,51,59)(H,52,57)(H,53,61)(H,54,60)(H,55,58)(H,63,64)/t33-,34-,35-,36-,37?,38-,39-,45?/m1/s1. The third kappa shape index (κ3) is 21.6. The van der Waals surface area contributed by atoms with E-state index in [2.05, 4.69) is 31.9 Å². The first-order chi connectivity index (χ1) is 30.4. The Morgan fingerprint density at radius 3 is 1.55 bits per heavy atom. The van der Waals surface area contributed by atoms with Crippen molar-refractivity contribution in [3.05, 3.63) is 71.8 Å². The number of benzene rings is 2. The quantitative estimate of drug-likeness (QED) is 0.0348. The Balaban J connectivity index is 2.07. The van der Waals surface area contributed by atoms with Gasteiger partial charge in [-0.15, -0.1) is 0 Å². The van der Waals surface area contributed by atoms with E-state index >= 15 is 0 Å². The Bertz CT molecular complexity index is 1700. The fourth-order valence-electron chi connectivity index (χ4n) is 7.09. The molecule has 2 aromatic carbocycles. The topological polar surface area (TPSA) is 319 Å². The van der Waals surface area contributed by atoms with Crippen LogP contribution in [0.25, 0.3) is 0 Å². The molecule has 8 atom stereocenters. The molecule has 18 nitrogen and oxygen atoms in total. The number of hydrogen-bond donors (Lipinski definition) is 12. The molecule has 0 heterocycles. The predicted octanol–water partition coefficient (Wildman–Crippen LogP) is 0.283. The van der Waals surface area contributed by atoms with Crippen molar-refractivity contribution in [3.8, 4) is 0 Å². The lowest BCUT2D eigenvalue weighted by atomic mass is 9.99. The Kier molecular flexibility index (Phi) is 26.0. The zero-order chi connectivity index (χ0) is 47.6. The fourth-order valence-corrected chi connectivity index (χ4v) is 7.09. The summed E-state index contributed by atoms with van der Waals surface area (Å²) in [6.45, 7) is 8.36. The lowest BCUT2D eigenvalue weighted by Gasteiger charge is -2.31. The van der Waals surface area contributed by atoms with Gasteiger partial charge in [-0.1, -0.05) is 88.4 Å². The lowest BCUT2D eigenvalue weighted by molar-refractivity contribution is -0.142. The van der Waals surface area contributed by atoms with Crippen LogP contribution in [0.3, 0.4) is 0 Å². The molecule has 0 bridgehead atoms. The van der Waals surface area contributed by atoms with Gasteiger partial charge in [-0.05, 0) is 107 Å². The van der Waals surface area contributed by atoms with Crippen molar-refractivity contribution < 1.29 is 39.0 Å². The predicted molar refractivity (Wildman–Crippen MR) is 247 cm³/mol. The molecule has 5 amide bonds. The molecule has 0 fully saturated rings. The summed E-state index contributed by atoms with van der Waals surface area (Å²) < 4.78 is 0. The van der Waals surface area contributed by atoms with Crippen LogP contribution in [0.4, 0.5) is 0 Å². The summed E-state index contributed by atoms with van der Waals surface area (Å²) in [5.41, 5.74) is 25.4. The van der Waals surface area contributed by atoms with E-state index in [1.807, 2.05) is 88.4 Å². The van der Waals surface area contributed by atoms with Gasteiger partial charge in [-0.3, -0.25) is 29.3 Å². The monoisotopic (exact) mass is 897 g/mol. The van der Waals surface area contributed by atoms with Crippen LogP contribution in [0.5, 0.6) is 0 Å². The van der Waals surface area contributed by atoms with Crippen LogP contribution in [0, 0.1) is 11.8 Å². The lowest BCUT2D eigenvalue weighted by Crippen LogP contribution is -2.60. The zero-order valence-corrected chi connectivity index (χ0v) is 38.1. The average molecular weight is 897 g/mol. The van der Waals surface area contributed by atoms with Crippen LogP contribution in [0.2, 0.25) is 0 Å². The number of nitrogens with one attached hydrogen (secondary N) is 6. The fraction of sp³-hybridized carbons (Fsp3) is 0.609. The van der Waals surface area contributed by atoms with Crippen molar-refractivity contribution in [1.82, 2.24) is 31.9 Å². The van der Waals surface area contributed by atoms with Crippen molar-refractivity contribution in [1.29, 1.82) is 0 Å². The minimum atomic E-state index is -1.39. The van der Waals surface area contributed by atoms with Gasteiger partial charge in [0.25, 0.3) is 0 Å². The van der Waals surface area contributed by atoms with Crippen LogP contribution >= 0.6 is 0 Å². The van der Waals surface area contributed by atoms with E-state index in [0.29, 0.717) is 38.5 Å². The first-order valence-electron chi connectivity index (χ1n) is 22.6. The summed E-state index contributed by atoms with van der Waals surface area (Å²) in [5.74, 6) is -3.73. The normalized spacial score (nSPS) is 15.2. The molecule has 0 radical (unpaired) electrons. The number of aliphatic hydroxyl groups excluding tert-OH is 1. The van der Waals surface area contributed by atoms with Gasteiger partial charge in [0.15, 0.2) is 0 Å². The Morgan fingerprint density at radius 1 is 0.547 bits per heavy atom. The SMILES string of the molecule is CC(C)C[C@@H](N)C(=O)N[C@H](CCCN)C(=O)NC(CCCCNC(=O)[C@@H](CCCN)NC(=O)[C@@H](CC(C)C)NC(O)[C@@H](Cc1ccccc1)NC(=O)[C@H](N)Cc1ccccc1)C(=O)O. The number of rotatable bonds is 32. The number of hydrogen-bond acceptors (Lipinski definition) is 12. The molecule has 18 heteroatoms. The molecule has 358 valence electrons. The number of nitrogens with two attached hydrogens (primary N) is 4. The molecule has 2 rings (SSSR count). The maximum Gasteiger partial charge on any atom is 0.326 e. The third-order valence-corrected chi connectivity index (χ3v) is 10.6. The highest BCUT2D eigenvalue weighted by atomic mass is 16.4. The number of amides is 5. The third-order valence-electron chi connectivity index (χ3n) is 10.6. The van der Waals surface area contributed by atoms with Gasteiger partial charge >= 0.3 is 5.97 Å². The number of unbranched alkanes of at least 4 members (excludes halogenated alkanes) is 1. The molecule has 2 aromatic rings. The van der Waals surface area contributed by atoms with Crippen molar-refractivity contribution in [2.45, 2.75) is 147 Å². The Morgan fingerprint density at radius 2 is 1.02 bits per heavy atom. The minimum absolute atomic E-state index is 0.00349. The van der Waals surface area contributed by atoms with Gasteiger partial charge in [-0.2, -0.15) is 0 Å². The molecule has 0 aromatic heterocycles. The average Bonchev–Trinajstić information content (AvgIpc) is 3.25. The highest BCUT2D eigenvalue weighted by Crippen LogP contribution is 2.13. The first kappa shape index (κ1) is 55.2. The number of aliphatic carboxylic acids is 1. The molecule has 0 saturated heterocycles. The highest BCUT2D eigenvalue weighted by Gasteiger charge is 2.32. The number of carboxylic acids is 1. The molecule has 16 N–H and O–H groups in total. The number of aliphatic hydroxyl groups is 1. The van der Waals surface area contributed by atoms with E-state index in [1.54, 1.807) is 0 Å². The Labute approximate surface area is 378 Å². The van der Waals surface area contributed by atoms with Crippen LogP contribution in [0.1, 0.15) is 96.6 Å². The summed E-state index contributed by atoms with van der Waals surface area (Å²) in [5, 5.41) is 38.2. The first-order valence-corrected chi connectivity index (χ1v) is 22.6. The second kappa shape index (κ2) is 30.2. The van der Waals surface area contributed by atoms with Gasteiger partial charge < -0.3 is 59.7 Å². The second-order valence-corrected chi connectivity index (χ2v) is 17.3. The van der Waals surface area contributed by atoms with E-state index in [1.165, 1.54) is 0 Å². The molecule has 2 unspecified atom stereocenters. The van der Waals surface area contributed by atoms with Gasteiger partial charge in [0.2, 0.25) is 29.5 Å². The Hall–Kier alpha value is -4.98. The van der Waals surface area contributed by atoms with E-state index in [4.69, 9.17) is 22.9 Å². The van der Waals surface area contributed by atoms with Crippen molar-refractivity contribution >= 4 is 35.5 Å². The molecular formula is C46H76N10O8. The minimum Gasteiger partial charge on any atom is -0.480 e. The van der Waals surface area contributed by atoms with Crippen molar-refractivity contribution in [2.24, 2.45) is 34.8 Å². The molecule has 0 spiro atoms. The van der Waals surface area contributed by atoms with Gasteiger partial charge in [0.1, 0.15) is 24.4 Å². The van der Waals surface area contributed by atoms with Crippen molar-refractivity contribution in [2.75, 3.05) is 19.6 Å². The second-order valence-electron chi connectivity index (χ2n) is 17.3. The van der Waals surface area contributed by atoms with E-state index in [0.717, 1.165) is 11.1 Å². The summed E-state index contributed by atoms with van der Waals surface area (Å²) in [6, 6.07) is 11.8. The van der Waals surface area contributed by atoms with Crippen LogP contribution in [-0.4, -0.2) is 114 Å². The van der Waals surface area contributed by atoms with Crippen LogP contribution < -0.4 is 54.8 Å². The van der Waals surface area contributed by atoms with E-state index < -0.39 is 84.0 Å². The zero-order valence-electron chi connectivity index (χ0n) is 38.1. The van der Waals surface area contributed by atoms with Crippen molar-refractivity contribution in [3.63, 3.8) is 0 Å². The summed E-state index contributed by atoms with van der Waals surface area (Å²) >= 11 is 0. The molecule has 64 heavy (non-hydrogen) atoms. The molecule has 0 saturated carbocycles. The molecule has 0 aliphatic carbocycles. The summed E-state index contributed by atoms with van der Waals surface area (Å²) in [7, 11) is 0. The molecule has 0 aliphatic heterocycles. The maximum atomic E-state index is 13.9. The smallest absolute Gasteiger partial charge is 0.326 e. The number of carboxylic acid groups (broad SMARTS) is 1. The van der Waals surface area contributed by atoms with E-state index in [9.17, 15) is 39.0 Å². The summed E-state index contributed by atoms with van der Waals surface area (Å²) in [4.78, 5) is 78.7. The summed E-state index contributed by atoms with van der Waals surface area (Å²) in [6.07, 6.45) is 1.82. The van der Waals surface area contributed by atoms with Gasteiger partial charge in [0.05, 0.1) is 24.2 Å². The largest absolute Gasteiger partial charge is 0.480 e. The van der Waals surface area contributed by atoms with Crippen LogP contribution in [-0.2, 0) is 41.6 Å². The van der Waals surface area contributed by atoms with Gasteiger partial charge in [-0.25, -0.2) is 4.79 Å². The van der Waals surface area contributed by atoms with Crippen LogP contribution in [0.15, 0.2) is 60.7 Å². The number of carbonyl (C=O) groups excluding carboxylic acids is 5. The molecule has 0 aliphatic rings. The highest BCUT2D eigenvalue weighted by molar-refractivity contribution is 5.92. The number of carbonyl (C=O) groups is 6.